The lowest BCUT2D eigenvalue weighted by atomic mass is 9.96. The van der Waals surface area contributed by atoms with E-state index in [4.69, 9.17) is 23.2 Å². The smallest absolute Gasteiger partial charge is 0.264 e. The number of piperidine rings is 1. The fraction of sp³-hybridized carbons (Fsp3) is 0.300. The molecule has 0 spiro atoms. The van der Waals surface area contributed by atoms with E-state index in [-0.39, 0.29) is 11.3 Å². The number of nitrogens with zero attached hydrogens (tertiary/aromatic N) is 1. The van der Waals surface area contributed by atoms with Crippen LogP contribution < -0.4 is 10.0 Å². The van der Waals surface area contributed by atoms with Gasteiger partial charge in [-0.1, -0.05) is 53.5 Å². The first kappa shape index (κ1) is 29.4. The summed E-state index contributed by atoms with van der Waals surface area (Å²) < 4.78 is 43.4. The summed E-state index contributed by atoms with van der Waals surface area (Å²) in [4.78, 5) is 17.5. The Hall–Kier alpha value is -3.11. The molecule has 3 N–H and O–H groups in total. The van der Waals surface area contributed by atoms with Crippen LogP contribution in [0, 0.1) is 11.7 Å². The fourth-order valence-corrected chi connectivity index (χ4v) is 6.91. The molecular formula is C30H31Cl2FN4O3S. The van der Waals surface area contributed by atoms with Crippen LogP contribution in [-0.4, -0.2) is 50.4 Å². The third kappa shape index (κ3) is 7.04. The molecule has 7 nitrogen and oxygen atoms in total. The number of carbonyl (C=O) groups excluding carboxylic acids is 1. The maximum absolute atomic E-state index is 15.0. The Morgan fingerprint density at radius 3 is 2.51 bits per heavy atom. The van der Waals surface area contributed by atoms with Crippen molar-refractivity contribution in [2.75, 3.05) is 30.9 Å². The highest BCUT2D eigenvalue weighted by Crippen LogP contribution is 2.35. The molecule has 1 aromatic heterocycles. The highest BCUT2D eigenvalue weighted by atomic mass is 35.5. The summed E-state index contributed by atoms with van der Waals surface area (Å²) in [5.41, 5.74) is 1.96. The first-order valence-electron chi connectivity index (χ1n) is 13.5. The second-order valence-corrected chi connectivity index (χ2v) is 12.8. The van der Waals surface area contributed by atoms with Gasteiger partial charge in [0.1, 0.15) is 10.7 Å². The predicted molar refractivity (Wildman–Crippen MR) is 162 cm³/mol. The molecular weight excluding hydrogens is 586 g/mol. The Balaban J connectivity index is 1.13. The summed E-state index contributed by atoms with van der Waals surface area (Å²) in [6.07, 6.45) is 5.62. The molecule has 0 aliphatic carbocycles. The molecule has 4 aromatic rings. The molecule has 0 unspecified atom stereocenters. The predicted octanol–water partition coefficient (Wildman–Crippen LogP) is 6.49. The zero-order valence-corrected chi connectivity index (χ0v) is 24.6. The molecule has 1 aliphatic rings. The number of benzene rings is 3. The molecule has 41 heavy (non-hydrogen) atoms. The number of halogens is 3. The number of sulfonamides is 1. The van der Waals surface area contributed by atoms with Gasteiger partial charge in [0, 0.05) is 23.7 Å². The summed E-state index contributed by atoms with van der Waals surface area (Å²) in [7, 11) is -4.31. The summed E-state index contributed by atoms with van der Waals surface area (Å²) in [5, 5.41) is 4.01. The lowest BCUT2D eigenvalue weighted by molar-refractivity contribution is 0.0935. The number of aromatic amines is 1. The number of rotatable bonds is 10. The van der Waals surface area contributed by atoms with Gasteiger partial charge in [-0.05, 0) is 87.1 Å². The number of hydrogen-bond acceptors (Lipinski definition) is 4. The van der Waals surface area contributed by atoms with Gasteiger partial charge in [-0.3, -0.25) is 9.52 Å². The van der Waals surface area contributed by atoms with Crippen molar-refractivity contribution >= 4 is 55.7 Å². The minimum Gasteiger partial charge on any atom is -0.358 e. The number of hydrogen-bond donors (Lipinski definition) is 3. The molecule has 1 aliphatic heterocycles. The summed E-state index contributed by atoms with van der Waals surface area (Å²) >= 11 is 12.3. The third-order valence-electron chi connectivity index (χ3n) is 7.51. The molecule has 1 amide bonds. The molecule has 0 radical (unpaired) electrons. The topological polar surface area (TPSA) is 94.3 Å². The average molecular weight is 618 g/mol. The summed E-state index contributed by atoms with van der Waals surface area (Å²) in [6.45, 7) is 3.51. The van der Waals surface area contributed by atoms with Crippen LogP contribution in [0.1, 0.15) is 35.2 Å². The molecule has 11 heteroatoms. The van der Waals surface area contributed by atoms with Crippen molar-refractivity contribution in [3.63, 3.8) is 0 Å². The van der Waals surface area contributed by atoms with Gasteiger partial charge in [0.25, 0.3) is 15.9 Å². The minimum atomic E-state index is -4.31. The van der Waals surface area contributed by atoms with E-state index in [0.29, 0.717) is 33.4 Å². The van der Waals surface area contributed by atoms with Crippen molar-refractivity contribution in [3.05, 3.63) is 93.8 Å². The van der Waals surface area contributed by atoms with E-state index in [1.807, 2.05) is 6.07 Å². The Morgan fingerprint density at radius 1 is 1.02 bits per heavy atom. The molecule has 0 saturated carbocycles. The van der Waals surface area contributed by atoms with Crippen molar-refractivity contribution in [2.45, 2.75) is 30.6 Å². The molecule has 1 fully saturated rings. The van der Waals surface area contributed by atoms with E-state index in [1.165, 1.54) is 30.0 Å². The number of anilines is 1. The van der Waals surface area contributed by atoms with E-state index < -0.39 is 26.6 Å². The molecule has 5 rings (SSSR count). The SMILES string of the molecule is O=C(NCC1CCN(CCCc2ccccc2)CC1)c1ccc(S(=O)(=O)Nc2ccc(Cl)c3c(Cl)c[nH]c23)c(F)c1. The van der Waals surface area contributed by atoms with Gasteiger partial charge in [0.2, 0.25) is 0 Å². The van der Waals surface area contributed by atoms with Crippen LogP contribution in [0.3, 0.4) is 0 Å². The number of aromatic nitrogens is 1. The first-order chi connectivity index (χ1) is 19.7. The van der Waals surface area contributed by atoms with Gasteiger partial charge in [-0.15, -0.1) is 0 Å². The molecule has 2 heterocycles. The number of carbonyl (C=O) groups is 1. The Bertz CT molecular complexity index is 1640. The largest absolute Gasteiger partial charge is 0.358 e. The van der Waals surface area contributed by atoms with Gasteiger partial charge in [-0.25, -0.2) is 12.8 Å². The maximum Gasteiger partial charge on any atom is 0.264 e. The number of likely N-dealkylation sites (tertiary alicyclic amines) is 1. The quantitative estimate of drug-likeness (QED) is 0.190. The van der Waals surface area contributed by atoms with E-state index in [0.717, 1.165) is 57.5 Å². The lowest BCUT2D eigenvalue weighted by Crippen LogP contribution is -2.39. The third-order valence-corrected chi connectivity index (χ3v) is 9.52. The molecule has 1 saturated heterocycles. The monoisotopic (exact) mass is 616 g/mol. The Labute approximate surface area is 249 Å². The normalized spacial score (nSPS) is 14.8. The number of H-pyrrole nitrogens is 1. The summed E-state index contributed by atoms with van der Waals surface area (Å²) in [5.74, 6) is -1.12. The van der Waals surface area contributed by atoms with E-state index in [2.05, 4.69) is 44.2 Å². The van der Waals surface area contributed by atoms with Gasteiger partial charge >= 0.3 is 0 Å². The van der Waals surface area contributed by atoms with Crippen LogP contribution in [0.5, 0.6) is 0 Å². The minimum absolute atomic E-state index is 0.0600. The highest BCUT2D eigenvalue weighted by Gasteiger charge is 2.24. The number of fused-ring (bicyclic) bond motifs is 1. The zero-order chi connectivity index (χ0) is 29.0. The van der Waals surface area contributed by atoms with Gasteiger partial charge in [-0.2, -0.15) is 0 Å². The zero-order valence-electron chi connectivity index (χ0n) is 22.3. The second-order valence-electron chi connectivity index (χ2n) is 10.3. The highest BCUT2D eigenvalue weighted by molar-refractivity contribution is 7.92. The van der Waals surface area contributed by atoms with Gasteiger partial charge in [0.15, 0.2) is 0 Å². The Morgan fingerprint density at radius 2 is 1.78 bits per heavy atom. The van der Waals surface area contributed by atoms with Crippen LogP contribution in [0.4, 0.5) is 10.1 Å². The van der Waals surface area contributed by atoms with Gasteiger partial charge in [0.05, 0.1) is 21.2 Å². The average Bonchev–Trinajstić information content (AvgIpc) is 3.37. The van der Waals surface area contributed by atoms with Crippen LogP contribution in [-0.2, 0) is 16.4 Å². The second kappa shape index (κ2) is 12.8. The molecule has 216 valence electrons. The van der Waals surface area contributed by atoms with E-state index in [9.17, 15) is 17.6 Å². The lowest BCUT2D eigenvalue weighted by Gasteiger charge is -2.32. The Kier molecular flexibility index (Phi) is 9.19. The van der Waals surface area contributed by atoms with Crippen molar-refractivity contribution in [3.8, 4) is 0 Å². The number of aryl methyl sites for hydroxylation is 1. The standard InChI is InChI=1S/C30H31Cl2FN4O3S/c31-23-9-10-26(29-28(23)24(32)19-34-29)36-41(39,40)27-11-8-22(17-25(27)33)30(38)35-18-21-12-15-37(16-13-21)14-4-7-20-5-2-1-3-6-20/h1-3,5-6,8-11,17,19,21,34,36H,4,7,12-16,18H2,(H,35,38). The number of amides is 1. The number of nitrogens with one attached hydrogen (secondary N) is 3. The van der Waals surface area contributed by atoms with Crippen LogP contribution in [0.25, 0.3) is 10.9 Å². The van der Waals surface area contributed by atoms with Crippen molar-refractivity contribution < 1.29 is 17.6 Å². The van der Waals surface area contributed by atoms with E-state index >= 15 is 0 Å². The first-order valence-corrected chi connectivity index (χ1v) is 15.8. The maximum atomic E-state index is 15.0. The van der Waals surface area contributed by atoms with E-state index in [1.54, 1.807) is 0 Å². The fourth-order valence-electron chi connectivity index (χ4n) is 5.22. The van der Waals surface area contributed by atoms with Crippen molar-refractivity contribution in [2.24, 2.45) is 5.92 Å². The molecule has 0 atom stereocenters. The van der Waals surface area contributed by atoms with Crippen LogP contribution in [0.15, 0.2) is 71.8 Å². The summed E-state index contributed by atoms with van der Waals surface area (Å²) in [6, 6.07) is 16.8. The van der Waals surface area contributed by atoms with Crippen molar-refractivity contribution in [1.82, 2.24) is 15.2 Å². The molecule has 0 bridgehead atoms. The van der Waals surface area contributed by atoms with Crippen molar-refractivity contribution in [1.29, 1.82) is 0 Å². The van der Waals surface area contributed by atoms with Gasteiger partial charge < -0.3 is 15.2 Å². The van der Waals surface area contributed by atoms with Crippen LogP contribution >= 0.6 is 23.2 Å². The van der Waals surface area contributed by atoms with Crippen LogP contribution in [0.2, 0.25) is 10.0 Å². The molecule has 3 aromatic carbocycles.